The second-order valence-electron chi connectivity index (χ2n) is 10.0. The lowest BCUT2D eigenvalue weighted by Gasteiger charge is -2.32. The van der Waals surface area contributed by atoms with Gasteiger partial charge >= 0.3 is 6.36 Å². The number of halogens is 3. The van der Waals surface area contributed by atoms with Crippen LogP contribution in [0.3, 0.4) is 0 Å². The Labute approximate surface area is 244 Å². The number of amides is 1. The molecule has 2 unspecified atom stereocenters. The Kier molecular flexibility index (Phi) is 11.1. The first-order chi connectivity index (χ1) is 19.4. The van der Waals surface area contributed by atoms with Crippen molar-refractivity contribution >= 4 is 28.5 Å². The summed E-state index contributed by atoms with van der Waals surface area (Å²) in [6.07, 6.45) is 1.81. The summed E-state index contributed by atoms with van der Waals surface area (Å²) in [5.74, 6) is -0.255. The highest BCUT2D eigenvalue weighted by Crippen LogP contribution is 2.30. The number of aromatic amines is 1. The topological polar surface area (TPSA) is 130 Å². The third-order valence-electron chi connectivity index (χ3n) is 6.93. The number of nitrogens with zero attached hydrogens (tertiary/aromatic N) is 3. The summed E-state index contributed by atoms with van der Waals surface area (Å²) < 4.78 is 55.2. The first kappa shape index (κ1) is 33.0. The second-order valence-corrected chi connectivity index (χ2v) is 11.5. The number of nitrogens with one attached hydrogen (secondary N) is 1. The largest absolute Gasteiger partial charge is 0.523 e. The summed E-state index contributed by atoms with van der Waals surface area (Å²) in [6.45, 7) is 6.48. The molecule has 1 aromatic heterocycles. The number of hydrogen-bond acceptors (Lipinski definition) is 6. The molecule has 1 amide bonds. The van der Waals surface area contributed by atoms with Gasteiger partial charge in [-0.05, 0) is 68.8 Å². The van der Waals surface area contributed by atoms with Gasteiger partial charge in [-0.3, -0.25) is 18.7 Å². The molecule has 4 N–H and O–H groups in total. The molecule has 3 heterocycles. The molecule has 4 rings (SSSR count). The Morgan fingerprint density at radius 3 is 2.62 bits per heavy atom. The number of H-pyrrole nitrogens is 1. The average Bonchev–Trinajstić information content (AvgIpc) is 3.22. The molecule has 228 valence electrons. The molecule has 0 aromatic carbocycles. The van der Waals surface area contributed by atoms with Gasteiger partial charge in [-0.1, -0.05) is 18.2 Å². The van der Waals surface area contributed by atoms with E-state index < -0.39 is 23.3 Å². The van der Waals surface area contributed by atoms with Gasteiger partial charge in [0.15, 0.2) is 5.88 Å². The number of carbonyl (C=O) groups excluding carboxylic acids is 1. The minimum atomic E-state index is -4.76. The van der Waals surface area contributed by atoms with Gasteiger partial charge in [0.05, 0.1) is 39.6 Å². The summed E-state index contributed by atoms with van der Waals surface area (Å²) >= 11 is 0. The number of allylic oxidation sites excluding steroid dienone is 2. The molecule has 0 radical (unpaired) electrons. The van der Waals surface area contributed by atoms with Crippen molar-refractivity contribution in [2.24, 2.45) is 4.99 Å². The summed E-state index contributed by atoms with van der Waals surface area (Å²) in [6, 6.07) is 6.31. The van der Waals surface area contributed by atoms with Crippen molar-refractivity contribution in [1.29, 1.82) is 0 Å². The van der Waals surface area contributed by atoms with Gasteiger partial charge in [-0.2, -0.15) is 0 Å². The standard InChI is InChI=1S/C29H33F3N4O4S.H2O/c1-19-25(34-20(2)26(19)28(38)36-14-12-35(3)13-15-36)17-22-9-10-24(8-5-11-33-27(22)37)41(39)18-21-6-4-7-23(16-21)40-29(30,31)32;/h4-6,8-11,16-17,23,33,37H,7,12-15,18H2,1-3H3;1H2. The minimum Gasteiger partial charge on any atom is -0.494 e. The summed E-state index contributed by atoms with van der Waals surface area (Å²) in [7, 11) is 0.415. The average molecular weight is 609 g/mol. The van der Waals surface area contributed by atoms with Crippen LogP contribution in [0.5, 0.6) is 5.88 Å². The van der Waals surface area contributed by atoms with Crippen LogP contribution >= 0.6 is 0 Å². The summed E-state index contributed by atoms with van der Waals surface area (Å²) in [5.41, 5.74) is 3.17. The lowest BCUT2D eigenvalue weighted by Crippen LogP contribution is -2.48. The third-order valence-corrected chi connectivity index (χ3v) is 8.32. The fraction of sp³-hybridized carbons (Fsp3) is 0.379. The minimum absolute atomic E-state index is 0. The summed E-state index contributed by atoms with van der Waals surface area (Å²) in [4.78, 5) is 25.0. The van der Waals surface area contributed by atoms with E-state index in [9.17, 15) is 27.3 Å². The van der Waals surface area contributed by atoms with E-state index in [2.05, 4.69) is 19.6 Å². The van der Waals surface area contributed by atoms with Crippen molar-refractivity contribution in [3.63, 3.8) is 0 Å². The Hall–Kier alpha value is -3.52. The van der Waals surface area contributed by atoms with Crippen molar-refractivity contribution in [3.05, 3.63) is 76.7 Å². The Morgan fingerprint density at radius 2 is 1.93 bits per heavy atom. The molecule has 1 fully saturated rings. The van der Waals surface area contributed by atoms with E-state index >= 15 is 0 Å². The molecule has 0 saturated carbocycles. The molecule has 2 atom stereocenters. The van der Waals surface area contributed by atoms with Crippen molar-refractivity contribution < 1.29 is 37.5 Å². The molecule has 1 saturated heterocycles. The van der Waals surface area contributed by atoms with Crippen molar-refractivity contribution in [1.82, 2.24) is 14.8 Å². The number of aliphatic imine (C=N–C) groups is 1. The Bertz CT molecular complexity index is 1420. The van der Waals surface area contributed by atoms with E-state index in [0.717, 1.165) is 13.1 Å². The lowest BCUT2D eigenvalue weighted by atomic mass is 10.0. The number of aromatic nitrogens is 1. The fourth-order valence-electron chi connectivity index (χ4n) is 4.72. The molecule has 2 aliphatic heterocycles. The van der Waals surface area contributed by atoms with Gasteiger partial charge in [-0.15, -0.1) is 13.2 Å². The maximum Gasteiger partial charge on any atom is 0.523 e. The second kappa shape index (κ2) is 14.1. The molecule has 1 aromatic rings. The van der Waals surface area contributed by atoms with E-state index in [-0.39, 0.29) is 29.4 Å². The van der Waals surface area contributed by atoms with E-state index in [4.69, 9.17) is 0 Å². The smallest absolute Gasteiger partial charge is 0.494 e. The van der Waals surface area contributed by atoms with Gasteiger partial charge in [0.25, 0.3) is 5.91 Å². The number of carbonyl (C=O) groups is 1. The maximum atomic E-state index is 13.3. The third kappa shape index (κ3) is 8.51. The van der Waals surface area contributed by atoms with Crippen molar-refractivity contribution in [2.45, 2.75) is 37.6 Å². The predicted octanol–water partition coefficient (Wildman–Crippen LogP) is 3.82. The monoisotopic (exact) mass is 608 g/mol. The number of alkyl halides is 3. The van der Waals surface area contributed by atoms with E-state index in [1.165, 1.54) is 12.3 Å². The number of ether oxygens (including phenoxy) is 1. The van der Waals surface area contributed by atoms with E-state index in [1.807, 2.05) is 18.9 Å². The number of hydrogen-bond donors (Lipinski definition) is 2. The number of likely N-dealkylation sites (N-methyl/N-ethyl adjacent to an activating group) is 1. The first-order valence-electron chi connectivity index (χ1n) is 13.1. The molecule has 13 heteroatoms. The van der Waals surface area contributed by atoms with E-state index in [0.29, 0.717) is 51.7 Å². The highest BCUT2D eigenvalue weighted by molar-refractivity contribution is 7.85. The quantitative estimate of drug-likeness (QED) is 0.507. The van der Waals surface area contributed by atoms with Crippen LogP contribution in [0, 0.1) is 0 Å². The zero-order valence-electron chi connectivity index (χ0n) is 23.6. The van der Waals surface area contributed by atoms with Crippen molar-refractivity contribution in [2.75, 3.05) is 39.0 Å². The predicted molar refractivity (Wildman–Crippen MR) is 156 cm³/mol. The van der Waals surface area contributed by atoms with Crippen LogP contribution in [0.15, 0.2) is 81.0 Å². The molecule has 3 aliphatic rings. The fourth-order valence-corrected chi connectivity index (χ4v) is 5.83. The van der Waals surface area contributed by atoms with Crippen LogP contribution in [0.1, 0.15) is 25.8 Å². The Morgan fingerprint density at radius 1 is 1.21 bits per heavy atom. The van der Waals surface area contributed by atoms with Gasteiger partial charge in [-0.25, -0.2) is 0 Å². The van der Waals surface area contributed by atoms with Crippen LogP contribution in [-0.4, -0.2) is 92.6 Å². The molecule has 1 aliphatic carbocycles. The molecule has 42 heavy (non-hydrogen) atoms. The van der Waals surface area contributed by atoms with Gasteiger partial charge in [0.1, 0.15) is 0 Å². The van der Waals surface area contributed by atoms with Crippen LogP contribution in [0.2, 0.25) is 0 Å². The highest BCUT2D eigenvalue weighted by Gasteiger charge is 2.33. The highest BCUT2D eigenvalue weighted by atomic mass is 32.2. The van der Waals surface area contributed by atoms with Gasteiger partial charge < -0.3 is 25.4 Å². The van der Waals surface area contributed by atoms with Crippen LogP contribution < -0.4 is 0 Å². The molecular weight excluding hydrogens is 573 g/mol. The van der Waals surface area contributed by atoms with E-state index in [1.54, 1.807) is 49.4 Å². The zero-order chi connectivity index (χ0) is 29.7. The molecule has 0 bridgehead atoms. The number of rotatable bonds is 6. The van der Waals surface area contributed by atoms with Gasteiger partial charge in [0, 0.05) is 42.8 Å². The number of aromatic hydroxyl groups is 1. The Balaban J connectivity index is 0.00000484. The normalized spacial score (nSPS) is 21.0. The van der Waals surface area contributed by atoms with Crippen LogP contribution in [0.25, 0.3) is 6.08 Å². The van der Waals surface area contributed by atoms with Crippen LogP contribution in [-0.2, 0) is 20.3 Å². The van der Waals surface area contributed by atoms with Gasteiger partial charge in [0.2, 0.25) is 0 Å². The first-order valence-corrected chi connectivity index (χ1v) is 14.4. The molecular formula is C29H35F3N4O5S. The van der Waals surface area contributed by atoms with Crippen molar-refractivity contribution in [3.8, 4) is 5.88 Å². The number of piperazine rings is 1. The SMILES string of the molecule is CC1=NC(=Cc2ccc(S(=O)CC3=CC(OC(F)(F)F)CC=C3)ccc[nH]c2O)C(C)=C1C(=O)N1CCN(C)CC1.O. The lowest BCUT2D eigenvalue weighted by molar-refractivity contribution is -0.336. The zero-order valence-corrected chi connectivity index (χ0v) is 24.4. The van der Waals surface area contributed by atoms with Crippen LogP contribution in [0.4, 0.5) is 13.2 Å². The molecule has 0 spiro atoms. The molecule has 9 nitrogen and oxygen atoms in total. The summed E-state index contributed by atoms with van der Waals surface area (Å²) in [5, 5.41) is 10.7. The maximum absolute atomic E-state index is 13.3.